The molecule has 2 aromatic carbocycles. The number of anilines is 3. The number of nitrogen functional groups attached to an aromatic ring is 1. The molecule has 0 aliphatic heterocycles. The van der Waals surface area contributed by atoms with E-state index in [1.807, 2.05) is 13.0 Å². The number of aryl methyl sites for hydroxylation is 2. The van der Waals surface area contributed by atoms with Crippen LogP contribution < -0.4 is 16.4 Å². The highest BCUT2D eigenvalue weighted by molar-refractivity contribution is 6.08. The van der Waals surface area contributed by atoms with E-state index in [0.717, 1.165) is 5.56 Å². The molecule has 6 rings (SSSR count). The Bertz CT molecular complexity index is 2270. The zero-order valence-electron chi connectivity index (χ0n) is 26.3. The monoisotopic (exact) mass is 646 g/mol. The number of amides is 2. The Morgan fingerprint density at radius 1 is 0.708 bits per heavy atom. The molecule has 0 saturated carbocycles. The van der Waals surface area contributed by atoms with Crippen molar-refractivity contribution < 1.29 is 24.1 Å². The third kappa shape index (κ3) is 7.23. The molecule has 242 valence electrons. The second kappa shape index (κ2) is 13.3. The van der Waals surface area contributed by atoms with E-state index < -0.39 is 10.8 Å². The number of hydrogen-bond donors (Lipinski definition) is 5. The van der Waals surface area contributed by atoms with Gasteiger partial charge in [0.15, 0.2) is 11.6 Å². The van der Waals surface area contributed by atoms with E-state index in [1.54, 1.807) is 49.4 Å². The number of nitrogens with zero attached hydrogens (tertiary/aromatic N) is 3. The van der Waals surface area contributed by atoms with Crippen LogP contribution in [0.3, 0.4) is 0 Å². The van der Waals surface area contributed by atoms with Crippen LogP contribution in [0.5, 0.6) is 0 Å². The van der Waals surface area contributed by atoms with E-state index in [4.69, 9.17) is 5.73 Å². The predicted octanol–water partition coefficient (Wildman–Crippen LogP) is 6.14. The van der Waals surface area contributed by atoms with Crippen LogP contribution in [0, 0.1) is 24.0 Å². The normalized spacial score (nSPS) is 10.7. The van der Waals surface area contributed by atoms with Gasteiger partial charge in [0.25, 0.3) is 17.5 Å². The molecule has 6 aromatic rings. The Morgan fingerprint density at radius 2 is 1.17 bits per heavy atom. The van der Waals surface area contributed by atoms with E-state index >= 15 is 0 Å². The number of nitrogens with two attached hydrogens (primary N) is 1. The number of nitrogens with one attached hydrogen (secondary N) is 4. The number of nitro groups is 1. The number of hydrogen-bond acceptors (Lipinski definition) is 9. The van der Waals surface area contributed by atoms with Crippen LogP contribution in [-0.4, -0.2) is 48.2 Å². The van der Waals surface area contributed by atoms with Crippen molar-refractivity contribution >= 4 is 68.2 Å². The molecule has 0 atom stereocenters. The lowest BCUT2D eigenvalue weighted by molar-refractivity contribution is -0.384. The van der Waals surface area contributed by atoms with Crippen molar-refractivity contribution in [3.05, 3.63) is 117 Å². The smallest absolute Gasteiger partial charge is 0.271 e. The van der Waals surface area contributed by atoms with Crippen molar-refractivity contribution in [2.24, 2.45) is 0 Å². The standard InChI is InChI=1S/C17H14N4O4.C17H16N4O2/c1-9-3-4-13(21(24)25)7-14(9)20-17(23)12-5-11-6-15(10(2)22)19-16(11)18-8-12;1-9-3-4-13(18)7-14(9)21-17(23)12-5-11-6-15(10(2)22)20-16(11)19-8-12/h3-8H,1-2H3,(H,18,19)(H,20,23);3-8H,18H2,1-2H3,(H,19,20)(H,21,23). The minimum Gasteiger partial charge on any atom is -0.399 e. The first-order valence-electron chi connectivity index (χ1n) is 14.5. The first-order valence-corrected chi connectivity index (χ1v) is 14.5. The fourth-order valence-corrected chi connectivity index (χ4v) is 4.68. The van der Waals surface area contributed by atoms with Crippen LogP contribution in [0.15, 0.2) is 73.1 Å². The van der Waals surface area contributed by atoms with Crippen LogP contribution in [0.1, 0.15) is 66.7 Å². The van der Waals surface area contributed by atoms with Crippen LogP contribution in [0.4, 0.5) is 22.7 Å². The van der Waals surface area contributed by atoms with Crippen LogP contribution >= 0.6 is 0 Å². The fourth-order valence-electron chi connectivity index (χ4n) is 4.68. The molecule has 0 saturated heterocycles. The van der Waals surface area contributed by atoms with E-state index in [0.29, 0.717) is 61.6 Å². The lowest BCUT2D eigenvalue weighted by Gasteiger charge is -2.09. The molecule has 0 bridgehead atoms. The lowest BCUT2D eigenvalue weighted by atomic mass is 10.1. The number of benzene rings is 2. The third-order valence-corrected chi connectivity index (χ3v) is 7.41. The van der Waals surface area contributed by atoms with Crippen molar-refractivity contribution in [2.75, 3.05) is 16.4 Å². The Labute approximate surface area is 272 Å². The summed E-state index contributed by atoms with van der Waals surface area (Å²) in [5.41, 5.74) is 11.5. The summed E-state index contributed by atoms with van der Waals surface area (Å²) < 4.78 is 0. The Hall–Kier alpha value is -6.70. The van der Waals surface area contributed by atoms with E-state index in [1.165, 1.54) is 38.4 Å². The Balaban J connectivity index is 0.000000188. The highest BCUT2D eigenvalue weighted by atomic mass is 16.6. The summed E-state index contributed by atoms with van der Waals surface area (Å²) in [7, 11) is 0. The zero-order chi connectivity index (χ0) is 34.7. The number of ketones is 2. The summed E-state index contributed by atoms with van der Waals surface area (Å²) >= 11 is 0. The van der Waals surface area contributed by atoms with Crippen molar-refractivity contribution in [3.8, 4) is 0 Å². The minimum atomic E-state index is -0.522. The van der Waals surface area contributed by atoms with Gasteiger partial charge >= 0.3 is 0 Å². The van der Waals surface area contributed by atoms with Crippen molar-refractivity contribution in [3.63, 3.8) is 0 Å². The van der Waals surface area contributed by atoms with Gasteiger partial charge in [-0.15, -0.1) is 0 Å². The van der Waals surface area contributed by atoms with Gasteiger partial charge in [0, 0.05) is 60.5 Å². The topological polar surface area (TPSA) is 219 Å². The number of Topliss-reactive ketones (excluding diaryl/α,β-unsaturated/α-hetero) is 2. The second-order valence-corrected chi connectivity index (χ2v) is 11.0. The first kappa shape index (κ1) is 32.7. The molecule has 6 N–H and O–H groups in total. The second-order valence-electron chi connectivity index (χ2n) is 11.0. The molecule has 14 nitrogen and oxygen atoms in total. The van der Waals surface area contributed by atoms with Crippen molar-refractivity contribution in [1.29, 1.82) is 0 Å². The third-order valence-electron chi connectivity index (χ3n) is 7.41. The number of aromatic amines is 2. The van der Waals surface area contributed by atoms with Crippen molar-refractivity contribution in [1.82, 2.24) is 19.9 Å². The average Bonchev–Trinajstić information content (AvgIpc) is 3.68. The number of aromatic nitrogens is 4. The van der Waals surface area contributed by atoms with Gasteiger partial charge < -0.3 is 26.3 Å². The van der Waals surface area contributed by atoms with Gasteiger partial charge in [-0.2, -0.15) is 0 Å². The molecular formula is C34H30N8O6. The van der Waals surface area contributed by atoms with Gasteiger partial charge in [-0.25, -0.2) is 9.97 Å². The molecule has 14 heteroatoms. The van der Waals surface area contributed by atoms with E-state index in [2.05, 4.69) is 30.6 Å². The quantitative estimate of drug-likeness (QED) is 0.0581. The van der Waals surface area contributed by atoms with Gasteiger partial charge in [0.2, 0.25) is 0 Å². The number of rotatable bonds is 7. The summed E-state index contributed by atoms with van der Waals surface area (Å²) in [6.07, 6.45) is 2.85. The fraction of sp³-hybridized carbons (Fsp3) is 0.118. The Morgan fingerprint density at radius 3 is 1.62 bits per heavy atom. The molecule has 0 unspecified atom stereocenters. The lowest BCUT2D eigenvalue weighted by Crippen LogP contribution is -2.13. The number of carbonyl (C=O) groups excluding carboxylic acids is 4. The number of carbonyl (C=O) groups is 4. The molecule has 4 aromatic heterocycles. The summed E-state index contributed by atoms with van der Waals surface area (Å²) in [5, 5.41) is 17.7. The molecular weight excluding hydrogens is 616 g/mol. The van der Waals surface area contributed by atoms with Crippen LogP contribution in [0.25, 0.3) is 22.1 Å². The maximum atomic E-state index is 12.4. The highest BCUT2D eigenvalue weighted by Gasteiger charge is 2.15. The number of nitro benzene ring substituents is 1. The van der Waals surface area contributed by atoms with Gasteiger partial charge in [-0.05, 0) is 61.4 Å². The molecule has 0 aliphatic rings. The van der Waals surface area contributed by atoms with Gasteiger partial charge in [0.05, 0.1) is 33.1 Å². The summed E-state index contributed by atoms with van der Waals surface area (Å²) in [6.45, 7) is 6.54. The van der Waals surface area contributed by atoms with Gasteiger partial charge in [-0.1, -0.05) is 12.1 Å². The number of H-pyrrole nitrogens is 2. The minimum absolute atomic E-state index is 0.0793. The molecule has 0 fully saturated rings. The zero-order valence-corrected chi connectivity index (χ0v) is 26.3. The summed E-state index contributed by atoms with van der Waals surface area (Å²) in [6, 6.07) is 16.2. The highest BCUT2D eigenvalue weighted by Crippen LogP contribution is 2.24. The largest absolute Gasteiger partial charge is 0.399 e. The van der Waals surface area contributed by atoms with Gasteiger partial charge in [-0.3, -0.25) is 29.3 Å². The number of pyridine rings is 2. The van der Waals surface area contributed by atoms with Crippen LogP contribution in [0.2, 0.25) is 0 Å². The van der Waals surface area contributed by atoms with Gasteiger partial charge in [0.1, 0.15) is 11.3 Å². The van der Waals surface area contributed by atoms with Crippen molar-refractivity contribution in [2.45, 2.75) is 27.7 Å². The summed E-state index contributed by atoms with van der Waals surface area (Å²) in [5.74, 6) is -0.928. The summed E-state index contributed by atoms with van der Waals surface area (Å²) in [4.78, 5) is 72.1. The molecule has 48 heavy (non-hydrogen) atoms. The maximum absolute atomic E-state index is 12.4. The number of fused-ring (bicyclic) bond motifs is 2. The SMILES string of the molecule is CC(=O)c1cc2cc(C(=O)Nc3cc(N)ccc3C)cnc2[nH]1.CC(=O)c1cc2cc(C(=O)Nc3cc([N+](=O)[O-])ccc3C)cnc2[nH]1. The maximum Gasteiger partial charge on any atom is 0.271 e. The Kier molecular flexibility index (Phi) is 9.09. The average molecular weight is 647 g/mol. The molecule has 0 aliphatic carbocycles. The molecule has 0 radical (unpaired) electrons. The first-order chi connectivity index (χ1) is 22.8. The van der Waals surface area contributed by atoms with Crippen LogP contribution in [-0.2, 0) is 0 Å². The predicted molar refractivity (Wildman–Crippen MR) is 182 cm³/mol. The van der Waals surface area contributed by atoms with E-state index in [9.17, 15) is 29.3 Å². The molecule has 0 spiro atoms. The molecule has 2 amide bonds. The number of non-ortho nitro benzene ring substituents is 1. The molecule has 4 heterocycles. The van der Waals surface area contributed by atoms with E-state index in [-0.39, 0.29) is 28.7 Å².